The SMILES string of the molecule is CCCCNC(=O)C(CC)N(Cc1ccc(Cl)cc1Cl)C(=O)CCCN(c1ccccc1OC)S(C)(=O)=O. The first-order valence-electron chi connectivity index (χ1n) is 12.6. The third-order valence-corrected chi connectivity index (χ3v) is 7.84. The van der Waals surface area contributed by atoms with E-state index in [1.807, 2.05) is 13.8 Å². The number of ether oxygens (including phenoxy) is 1. The Morgan fingerprint density at radius 2 is 1.79 bits per heavy atom. The maximum Gasteiger partial charge on any atom is 0.242 e. The lowest BCUT2D eigenvalue weighted by Gasteiger charge is -2.31. The van der Waals surface area contributed by atoms with E-state index in [9.17, 15) is 18.0 Å². The first-order chi connectivity index (χ1) is 18.0. The molecule has 0 saturated carbocycles. The van der Waals surface area contributed by atoms with Gasteiger partial charge in [0.05, 0.1) is 19.1 Å². The van der Waals surface area contributed by atoms with Crippen molar-refractivity contribution in [3.05, 3.63) is 58.1 Å². The van der Waals surface area contributed by atoms with Crippen LogP contribution in [0.3, 0.4) is 0 Å². The van der Waals surface area contributed by atoms with E-state index < -0.39 is 16.1 Å². The minimum Gasteiger partial charge on any atom is -0.495 e. The normalized spacial score (nSPS) is 12.1. The summed E-state index contributed by atoms with van der Waals surface area (Å²) in [5, 5.41) is 3.79. The topological polar surface area (TPSA) is 96.0 Å². The van der Waals surface area contributed by atoms with E-state index in [0.29, 0.717) is 40.0 Å². The molecule has 11 heteroatoms. The molecule has 0 bridgehead atoms. The predicted octanol–water partition coefficient (Wildman–Crippen LogP) is 5.27. The molecule has 1 unspecified atom stereocenters. The van der Waals surface area contributed by atoms with Gasteiger partial charge >= 0.3 is 0 Å². The third kappa shape index (κ3) is 9.06. The van der Waals surface area contributed by atoms with E-state index in [2.05, 4.69) is 5.32 Å². The first kappa shape index (κ1) is 31.7. The summed E-state index contributed by atoms with van der Waals surface area (Å²) < 4.78 is 31.7. The van der Waals surface area contributed by atoms with Crippen LogP contribution in [0.15, 0.2) is 42.5 Å². The van der Waals surface area contributed by atoms with Crippen LogP contribution in [0.25, 0.3) is 0 Å². The minimum absolute atomic E-state index is 0.0329. The van der Waals surface area contributed by atoms with E-state index in [0.717, 1.165) is 19.1 Å². The van der Waals surface area contributed by atoms with Crippen molar-refractivity contribution in [3.63, 3.8) is 0 Å². The second-order valence-corrected chi connectivity index (χ2v) is 11.7. The second kappa shape index (κ2) is 15.2. The van der Waals surface area contributed by atoms with E-state index in [4.69, 9.17) is 27.9 Å². The summed E-state index contributed by atoms with van der Waals surface area (Å²) in [7, 11) is -2.17. The highest BCUT2D eigenvalue weighted by Crippen LogP contribution is 2.30. The molecule has 0 aliphatic rings. The minimum atomic E-state index is -3.64. The third-order valence-electron chi connectivity index (χ3n) is 6.08. The largest absolute Gasteiger partial charge is 0.495 e. The van der Waals surface area contributed by atoms with Crippen LogP contribution < -0.4 is 14.4 Å². The Morgan fingerprint density at radius 3 is 2.39 bits per heavy atom. The fraction of sp³-hybridized carbons (Fsp3) is 0.481. The molecule has 38 heavy (non-hydrogen) atoms. The highest BCUT2D eigenvalue weighted by Gasteiger charge is 2.29. The average Bonchev–Trinajstić information content (AvgIpc) is 2.87. The zero-order valence-electron chi connectivity index (χ0n) is 22.4. The van der Waals surface area contributed by atoms with Gasteiger partial charge in [0.25, 0.3) is 0 Å². The van der Waals surface area contributed by atoms with Gasteiger partial charge < -0.3 is 15.0 Å². The van der Waals surface area contributed by atoms with Crippen LogP contribution in [0.5, 0.6) is 5.75 Å². The van der Waals surface area contributed by atoms with Crippen LogP contribution in [0, 0.1) is 0 Å². The quantitative estimate of drug-likeness (QED) is 0.287. The molecule has 2 amide bonds. The molecule has 1 atom stereocenters. The van der Waals surface area contributed by atoms with Crippen molar-refractivity contribution in [2.24, 2.45) is 0 Å². The molecule has 0 radical (unpaired) electrons. The van der Waals surface area contributed by atoms with Crippen molar-refractivity contribution in [2.75, 3.05) is 30.8 Å². The summed E-state index contributed by atoms with van der Waals surface area (Å²) in [6.07, 6.45) is 3.57. The Bertz CT molecular complexity index is 1190. The molecule has 8 nitrogen and oxygen atoms in total. The van der Waals surface area contributed by atoms with Gasteiger partial charge in [0.15, 0.2) is 0 Å². The molecular formula is C27H37Cl2N3O5S. The van der Waals surface area contributed by atoms with Gasteiger partial charge in [0, 0.05) is 36.1 Å². The summed E-state index contributed by atoms with van der Waals surface area (Å²) in [5.74, 6) is -0.0915. The van der Waals surface area contributed by atoms with Crippen molar-refractivity contribution < 1.29 is 22.7 Å². The number of carbonyl (C=O) groups excluding carboxylic acids is 2. The van der Waals surface area contributed by atoms with Gasteiger partial charge in [-0.15, -0.1) is 0 Å². The fourth-order valence-corrected chi connectivity index (χ4v) is 5.51. The Hall–Kier alpha value is -2.49. The number of hydrogen-bond donors (Lipinski definition) is 1. The lowest BCUT2D eigenvalue weighted by molar-refractivity contribution is -0.141. The lowest BCUT2D eigenvalue weighted by atomic mass is 10.1. The molecule has 210 valence electrons. The zero-order chi connectivity index (χ0) is 28.3. The summed E-state index contributed by atoms with van der Waals surface area (Å²) in [6, 6.07) is 11.1. The zero-order valence-corrected chi connectivity index (χ0v) is 24.7. The number of para-hydroxylation sites is 2. The molecule has 0 fully saturated rings. The standard InChI is InChI=1S/C27H37Cl2N3O5S/c1-5-7-16-30-27(34)23(6-2)31(19-20-14-15-21(28)18-22(20)29)26(33)13-10-17-32(38(4,35)36)24-11-8-9-12-25(24)37-3/h8-9,11-12,14-15,18,23H,5-7,10,13,16-17,19H2,1-4H3,(H,30,34). The Balaban J connectivity index is 2.26. The molecule has 0 saturated heterocycles. The van der Waals surface area contributed by atoms with Crippen molar-refractivity contribution in [3.8, 4) is 5.75 Å². The summed E-state index contributed by atoms with van der Waals surface area (Å²) in [4.78, 5) is 28.1. The highest BCUT2D eigenvalue weighted by molar-refractivity contribution is 7.92. The van der Waals surface area contributed by atoms with Crippen LogP contribution in [0.1, 0.15) is 51.5 Å². The van der Waals surface area contributed by atoms with Crippen molar-refractivity contribution in [1.82, 2.24) is 10.2 Å². The van der Waals surface area contributed by atoms with Gasteiger partial charge in [-0.1, -0.05) is 61.7 Å². The number of anilines is 1. The van der Waals surface area contributed by atoms with Crippen LogP contribution in [0.2, 0.25) is 10.0 Å². The van der Waals surface area contributed by atoms with Crippen molar-refractivity contribution >= 4 is 50.7 Å². The maximum absolute atomic E-state index is 13.5. The van der Waals surface area contributed by atoms with E-state index in [1.165, 1.54) is 16.3 Å². The molecular weight excluding hydrogens is 549 g/mol. The van der Waals surface area contributed by atoms with Gasteiger partial charge in [0.2, 0.25) is 21.8 Å². The van der Waals surface area contributed by atoms with Gasteiger partial charge in [-0.2, -0.15) is 0 Å². The fourth-order valence-electron chi connectivity index (χ4n) is 4.08. The summed E-state index contributed by atoms with van der Waals surface area (Å²) >= 11 is 12.4. The molecule has 0 aliphatic heterocycles. The number of nitrogens with zero attached hydrogens (tertiary/aromatic N) is 2. The number of amides is 2. The van der Waals surface area contributed by atoms with E-state index >= 15 is 0 Å². The molecule has 0 aromatic heterocycles. The molecule has 2 aromatic rings. The lowest BCUT2D eigenvalue weighted by Crippen LogP contribution is -2.49. The number of nitrogens with one attached hydrogen (secondary N) is 1. The molecule has 1 N–H and O–H groups in total. The van der Waals surface area contributed by atoms with E-state index in [-0.39, 0.29) is 37.7 Å². The summed E-state index contributed by atoms with van der Waals surface area (Å²) in [6.45, 7) is 4.60. The summed E-state index contributed by atoms with van der Waals surface area (Å²) in [5.41, 5.74) is 1.06. The van der Waals surface area contributed by atoms with Gasteiger partial charge in [0.1, 0.15) is 11.8 Å². The molecule has 0 spiro atoms. The van der Waals surface area contributed by atoms with Gasteiger partial charge in [-0.25, -0.2) is 8.42 Å². The molecule has 2 aromatic carbocycles. The number of unbranched alkanes of at least 4 members (excludes halogenated alkanes) is 1. The van der Waals surface area contributed by atoms with Crippen LogP contribution >= 0.6 is 23.2 Å². The Morgan fingerprint density at radius 1 is 1.08 bits per heavy atom. The number of halogens is 2. The molecule has 2 rings (SSSR count). The van der Waals surface area contributed by atoms with Crippen molar-refractivity contribution in [2.45, 2.75) is 58.5 Å². The van der Waals surface area contributed by atoms with Crippen LogP contribution in [-0.4, -0.2) is 57.6 Å². The average molecular weight is 587 g/mol. The number of methoxy groups -OCH3 is 1. The smallest absolute Gasteiger partial charge is 0.242 e. The number of hydrogen-bond acceptors (Lipinski definition) is 5. The monoisotopic (exact) mass is 585 g/mol. The highest BCUT2D eigenvalue weighted by atomic mass is 35.5. The first-order valence-corrected chi connectivity index (χ1v) is 15.3. The Kier molecular flexibility index (Phi) is 12.7. The maximum atomic E-state index is 13.5. The van der Waals surface area contributed by atoms with Gasteiger partial charge in [-0.05, 0) is 49.1 Å². The van der Waals surface area contributed by atoms with Crippen LogP contribution in [0.4, 0.5) is 5.69 Å². The molecule has 0 aliphatic carbocycles. The molecule has 0 heterocycles. The van der Waals surface area contributed by atoms with Crippen molar-refractivity contribution in [1.29, 1.82) is 0 Å². The van der Waals surface area contributed by atoms with Crippen LogP contribution in [-0.2, 0) is 26.2 Å². The second-order valence-electron chi connectivity index (χ2n) is 8.94. The van der Waals surface area contributed by atoms with E-state index in [1.54, 1.807) is 42.5 Å². The predicted molar refractivity (Wildman–Crippen MR) is 153 cm³/mol. The number of sulfonamides is 1. The number of carbonyl (C=O) groups is 2. The van der Waals surface area contributed by atoms with Gasteiger partial charge in [-0.3, -0.25) is 13.9 Å². The number of benzene rings is 2. The number of rotatable bonds is 15. The Labute approximate surface area is 236 Å².